The van der Waals surface area contributed by atoms with Gasteiger partial charge in [-0.05, 0) is 0 Å². The van der Waals surface area contributed by atoms with Crippen LogP contribution in [-0.2, 0) is 7.05 Å². The lowest BCUT2D eigenvalue weighted by atomic mass is 10.0. The smallest absolute Gasteiger partial charge is 0.407 e. The van der Waals surface area contributed by atoms with Crippen LogP contribution in [0, 0.1) is 10.1 Å². The monoisotopic (exact) mass is 416 g/mol. The van der Waals surface area contributed by atoms with Crippen molar-refractivity contribution in [3.8, 4) is 16.9 Å². The Balaban J connectivity index is 1.57. The predicted molar refractivity (Wildman–Crippen MR) is 109 cm³/mol. The Labute approximate surface area is 173 Å². The number of hydrogen-bond acceptors (Lipinski definition) is 7. The molecule has 2 fully saturated rings. The number of aryl methyl sites for hydroxylation is 1. The fourth-order valence-electron chi connectivity index (χ4n) is 4.09. The van der Waals surface area contributed by atoms with Crippen LogP contribution in [0.2, 0.25) is 0 Å². The molecular formula is C19H24N6O5. The number of anilines is 1. The third-order valence-corrected chi connectivity index (χ3v) is 5.81. The molecule has 30 heavy (non-hydrogen) atoms. The predicted octanol–water partition coefficient (Wildman–Crippen LogP) is 1.49. The molecule has 1 N–H and O–H groups in total. The molecule has 0 bridgehead atoms. The van der Waals surface area contributed by atoms with E-state index in [2.05, 4.69) is 14.9 Å². The Morgan fingerprint density at radius 3 is 2.50 bits per heavy atom. The van der Waals surface area contributed by atoms with Gasteiger partial charge in [-0.2, -0.15) is 5.10 Å². The number of nitro groups is 1. The molecule has 0 saturated carbocycles. The summed E-state index contributed by atoms with van der Waals surface area (Å²) in [7, 11) is 3.23. The fourth-order valence-corrected chi connectivity index (χ4v) is 4.09. The first-order chi connectivity index (χ1) is 14.4. The number of nitro benzene ring substituents is 1. The number of hydrogen-bond donors (Lipinski definition) is 1. The first kappa shape index (κ1) is 20.0. The van der Waals surface area contributed by atoms with Crippen LogP contribution in [0.1, 0.15) is 0 Å². The molecule has 1 aromatic carbocycles. The zero-order valence-corrected chi connectivity index (χ0v) is 16.9. The third-order valence-electron chi connectivity index (χ3n) is 5.81. The first-order valence-corrected chi connectivity index (χ1v) is 9.69. The minimum atomic E-state index is -0.871. The molecular weight excluding hydrogens is 392 g/mol. The minimum Gasteiger partial charge on any atom is -0.490 e. The maximum atomic E-state index is 11.5. The van der Waals surface area contributed by atoms with Gasteiger partial charge in [0, 0.05) is 87.5 Å². The lowest BCUT2D eigenvalue weighted by Crippen LogP contribution is -2.64. The number of benzene rings is 1. The van der Waals surface area contributed by atoms with Crippen molar-refractivity contribution in [1.29, 1.82) is 0 Å². The summed E-state index contributed by atoms with van der Waals surface area (Å²) in [6.45, 7) is 4.15. The number of piperazine rings is 1. The van der Waals surface area contributed by atoms with E-state index in [0.29, 0.717) is 13.1 Å². The molecule has 2 aromatic rings. The van der Waals surface area contributed by atoms with Gasteiger partial charge in [0.2, 0.25) is 0 Å². The van der Waals surface area contributed by atoms with Crippen LogP contribution in [0.5, 0.6) is 5.75 Å². The Bertz CT molecular complexity index is 962. The van der Waals surface area contributed by atoms with Crippen molar-refractivity contribution in [1.82, 2.24) is 19.6 Å². The maximum absolute atomic E-state index is 11.5. The number of carbonyl (C=O) groups is 1. The zero-order chi connectivity index (χ0) is 21.4. The topological polar surface area (TPSA) is 117 Å². The fraction of sp³-hybridized carbons (Fsp3) is 0.474. The number of amides is 1. The second-order valence-electron chi connectivity index (χ2n) is 7.57. The molecule has 0 unspecified atom stereocenters. The van der Waals surface area contributed by atoms with Crippen LogP contribution in [-0.4, -0.2) is 88.1 Å². The largest absolute Gasteiger partial charge is 0.490 e. The highest BCUT2D eigenvalue weighted by atomic mass is 16.6. The van der Waals surface area contributed by atoms with Crippen molar-refractivity contribution in [3.05, 3.63) is 34.6 Å². The molecule has 0 aliphatic carbocycles. The van der Waals surface area contributed by atoms with Gasteiger partial charge < -0.3 is 19.6 Å². The normalized spacial score (nSPS) is 17.7. The number of ether oxygens (including phenoxy) is 1. The molecule has 11 nitrogen and oxygen atoms in total. The SMILES string of the molecule is COc1cc(N2CCN(C3CN(C(=O)O)C3)CC2)c(-c2cnn(C)c2)cc1[N+](=O)[O-]. The second-order valence-corrected chi connectivity index (χ2v) is 7.57. The summed E-state index contributed by atoms with van der Waals surface area (Å²) < 4.78 is 6.96. The van der Waals surface area contributed by atoms with E-state index in [1.165, 1.54) is 12.0 Å². The van der Waals surface area contributed by atoms with Gasteiger partial charge in [-0.3, -0.25) is 19.7 Å². The first-order valence-electron chi connectivity index (χ1n) is 9.69. The van der Waals surface area contributed by atoms with E-state index in [1.54, 1.807) is 30.1 Å². The van der Waals surface area contributed by atoms with Gasteiger partial charge in [0.1, 0.15) is 0 Å². The highest BCUT2D eigenvalue weighted by molar-refractivity contribution is 5.82. The lowest BCUT2D eigenvalue weighted by molar-refractivity contribution is -0.385. The molecule has 0 spiro atoms. The van der Waals surface area contributed by atoms with E-state index in [9.17, 15) is 14.9 Å². The summed E-state index contributed by atoms with van der Waals surface area (Å²) in [6, 6.07) is 3.53. The molecule has 3 heterocycles. The van der Waals surface area contributed by atoms with Crippen LogP contribution >= 0.6 is 0 Å². The summed E-state index contributed by atoms with van der Waals surface area (Å²) in [5, 5.41) is 24.8. The molecule has 4 rings (SSSR count). The highest BCUT2D eigenvalue weighted by Gasteiger charge is 2.36. The molecule has 1 aromatic heterocycles. The molecule has 11 heteroatoms. The van der Waals surface area contributed by atoms with E-state index >= 15 is 0 Å². The Morgan fingerprint density at radius 2 is 1.97 bits per heavy atom. The molecule has 1 amide bonds. The number of nitrogens with zero attached hydrogens (tertiary/aromatic N) is 6. The van der Waals surface area contributed by atoms with Gasteiger partial charge >= 0.3 is 11.8 Å². The van der Waals surface area contributed by atoms with Gasteiger partial charge in [0.15, 0.2) is 5.75 Å². The summed E-state index contributed by atoms with van der Waals surface area (Å²) in [5.41, 5.74) is 2.33. The highest BCUT2D eigenvalue weighted by Crippen LogP contribution is 2.40. The third kappa shape index (κ3) is 3.63. The van der Waals surface area contributed by atoms with Gasteiger partial charge in [-0.15, -0.1) is 0 Å². The van der Waals surface area contributed by atoms with E-state index in [4.69, 9.17) is 9.84 Å². The van der Waals surface area contributed by atoms with Crippen LogP contribution < -0.4 is 9.64 Å². The van der Waals surface area contributed by atoms with Crippen LogP contribution in [0.3, 0.4) is 0 Å². The molecule has 160 valence electrons. The van der Waals surface area contributed by atoms with Gasteiger partial charge in [0.25, 0.3) is 0 Å². The number of likely N-dealkylation sites (tertiary alicyclic amines) is 1. The van der Waals surface area contributed by atoms with Crippen molar-refractivity contribution < 1.29 is 19.6 Å². The zero-order valence-electron chi connectivity index (χ0n) is 16.9. The Kier molecular flexibility index (Phi) is 5.20. The van der Waals surface area contributed by atoms with Gasteiger partial charge in [-0.1, -0.05) is 0 Å². The quantitative estimate of drug-likeness (QED) is 0.575. The summed E-state index contributed by atoms with van der Waals surface area (Å²) in [6.07, 6.45) is 2.66. The van der Waals surface area contributed by atoms with Gasteiger partial charge in [-0.25, -0.2) is 4.79 Å². The Hall–Kier alpha value is -3.34. The number of methoxy groups -OCH3 is 1. The van der Waals surface area contributed by atoms with Crippen molar-refractivity contribution in [2.24, 2.45) is 7.05 Å². The average molecular weight is 416 g/mol. The van der Waals surface area contributed by atoms with E-state index in [1.807, 2.05) is 6.20 Å². The second kappa shape index (κ2) is 7.82. The lowest BCUT2D eigenvalue weighted by Gasteiger charge is -2.47. The van der Waals surface area contributed by atoms with Crippen LogP contribution in [0.25, 0.3) is 11.1 Å². The average Bonchev–Trinajstić information content (AvgIpc) is 3.12. The molecule has 0 atom stereocenters. The van der Waals surface area contributed by atoms with Crippen LogP contribution in [0.4, 0.5) is 16.2 Å². The van der Waals surface area contributed by atoms with Gasteiger partial charge in [0.05, 0.1) is 18.2 Å². The number of aromatic nitrogens is 2. The number of rotatable bonds is 5. The van der Waals surface area contributed by atoms with Crippen molar-refractivity contribution in [2.45, 2.75) is 6.04 Å². The summed E-state index contributed by atoms with van der Waals surface area (Å²) in [4.78, 5) is 28.0. The van der Waals surface area contributed by atoms with Crippen molar-refractivity contribution in [3.63, 3.8) is 0 Å². The van der Waals surface area contributed by atoms with E-state index < -0.39 is 11.0 Å². The molecule has 2 aliphatic heterocycles. The van der Waals surface area contributed by atoms with Crippen molar-refractivity contribution in [2.75, 3.05) is 51.3 Å². The molecule has 0 radical (unpaired) electrons. The summed E-state index contributed by atoms with van der Waals surface area (Å²) in [5.74, 6) is 0.223. The molecule has 2 aliphatic rings. The van der Waals surface area contributed by atoms with Crippen molar-refractivity contribution >= 4 is 17.5 Å². The van der Waals surface area contributed by atoms with E-state index in [-0.39, 0.29) is 17.5 Å². The minimum absolute atomic E-state index is 0.0815. The maximum Gasteiger partial charge on any atom is 0.407 e. The van der Waals surface area contributed by atoms with Crippen LogP contribution in [0.15, 0.2) is 24.5 Å². The number of carboxylic acid groups (broad SMARTS) is 1. The van der Waals surface area contributed by atoms with E-state index in [0.717, 1.165) is 43.0 Å². The standard InChI is InChI=1S/C19H24N6O5/c1-21-10-13(9-20-21)15-7-17(25(28)29)18(30-2)8-16(15)23-5-3-22(4-6-23)14-11-24(12-14)19(26)27/h7-10,14H,3-6,11-12H2,1-2H3,(H,26,27). The summed E-state index contributed by atoms with van der Waals surface area (Å²) >= 11 is 0. The molecule has 2 saturated heterocycles. The Morgan fingerprint density at radius 1 is 1.27 bits per heavy atom.